The van der Waals surface area contributed by atoms with Crippen molar-refractivity contribution in [3.05, 3.63) is 27.7 Å². The van der Waals surface area contributed by atoms with Crippen LogP contribution in [-0.4, -0.2) is 18.1 Å². The molecule has 8 heteroatoms. The van der Waals surface area contributed by atoms with Gasteiger partial charge in [-0.05, 0) is 46.7 Å². The molecular formula is C11H7BrF3NO2S. The zero-order chi connectivity index (χ0) is 14.6. The highest BCUT2D eigenvalue weighted by Gasteiger charge is 2.31. The second-order valence-electron chi connectivity index (χ2n) is 3.21. The summed E-state index contributed by atoms with van der Waals surface area (Å²) in [4.78, 5) is 11.4. The fraction of sp³-hybridized carbons (Fsp3) is 0.273. The third-order valence-corrected chi connectivity index (χ3v) is 3.62. The molecule has 0 atom stereocenters. The Morgan fingerprint density at radius 2 is 2.16 bits per heavy atom. The first-order chi connectivity index (χ1) is 8.78. The second-order valence-corrected chi connectivity index (χ2v) is 5.17. The Kier molecular flexibility index (Phi) is 5.26. The molecule has 0 heterocycles. The highest BCUT2D eigenvalue weighted by atomic mass is 79.9. The Bertz CT molecular complexity index is 540. The van der Waals surface area contributed by atoms with Crippen LogP contribution < -0.4 is 0 Å². The number of carbonyl (C=O) groups is 1. The minimum Gasteiger partial charge on any atom is -0.462 e. The van der Waals surface area contributed by atoms with E-state index < -0.39 is 11.5 Å². The molecule has 0 aliphatic rings. The number of hydrogen-bond acceptors (Lipinski definition) is 4. The van der Waals surface area contributed by atoms with Crippen LogP contribution in [0.4, 0.5) is 13.2 Å². The van der Waals surface area contributed by atoms with Gasteiger partial charge in [-0.15, -0.1) is 0 Å². The maximum atomic E-state index is 12.3. The van der Waals surface area contributed by atoms with Gasteiger partial charge in [-0.25, -0.2) is 4.79 Å². The van der Waals surface area contributed by atoms with Gasteiger partial charge in [0.1, 0.15) is 6.07 Å². The number of alkyl halides is 3. The lowest BCUT2D eigenvalue weighted by atomic mass is 10.1. The zero-order valence-electron chi connectivity index (χ0n) is 9.55. The highest BCUT2D eigenvalue weighted by molar-refractivity contribution is 9.10. The molecule has 1 aromatic rings. The lowest BCUT2D eigenvalue weighted by molar-refractivity contribution is -0.0328. The topological polar surface area (TPSA) is 50.1 Å². The average Bonchev–Trinajstić information content (AvgIpc) is 2.29. The van der Waals surface area contributed by atoms with E-state index in [1.807, 2.05) is 0 Å². The Balaban J connectivity index is 3.26. The van der Waals surface area contributed by atoms with Crippen molar-refractivity contribution in [3.63, 3.8) is 0 Å². The number of nitrogens with zero attached hydrogens (tertiary/aromatic N) is 1. The summed E-state index contributed by atoms with van der Waals surface area (Å²) < 4.78 is 41.8. The molecule has 0 unspecified atom stereocenters. The van der Waals surface area contributed by atoms with Gasteiger partial charge >= 0.3 is 11.5 Å². The van der Waals surface area contributed by atoms with Crippen LogP contribution in [0.25, 0.3) is 0 Å². The molecule has 0 saturated carbocycles. The van der Waals surface area contributed by atoms with Gasteiger partial charge < -0.3 is 4.74 Å². The van der Waals surface area contributed by atoms with E-state index in [4.69, 9.17) is 10.00 Å². The molecule has 1 aromatic carbocycles. The molecule has 0 aliphatic heterocycles. The quantitative estimate of drug-likeness (QED) is 0.606. The van der Waals surface area contributed by atoms with Gasteiger partial charge in [0.25, 0.3) is 0 Å². The number of esters is 1. The number of benzene rings is 1. The molecule has 0 radical (unpaired) electrons. The predicted octanol–water partition coefficient (Wildman–Crippen LogP) is 4.11. The minimum absolute atomic E-state index is 0.0446. The molecule has 1 rings (SSSR count). The molecule has 102 valence electrons. The van der Waals surface area contributed by atoms with Gasteiger partial charge in [-0.1, -0.05) is 0 Å². The minimum atomic E-state index is -4.48. The van der Waals surface area contributed by atoms with Crippen LogP contribution in [0.1, 0.15) is 22.8 Å². The van der Waals surface area contributed by atoms with Crippen molar-refractivity contribution < 1.29 is 22.7 Å². The van der Waals surface area contributed by atoms with Crippen molar-refractivity contribution in [3.8, 4) is 6.07 Å². The lowest BCUT2D eigenvalue weighted by Gasteiger charge is -2.10. The summed E-state index contributed by atoms with van der Waals surface area (Å²) >= 11 is 2.57. The predicted molar refractivity (Wildman–Crippen MR) is 66.7 cm³/mol. The summed E-state index contributed by atoms with van der Waals surface area (Å²) in [6, 6.07) is 3.91. The molecule has 0 aliphatic carbocycles. The Morgan fingerprint density at radius 3 is 2.63 bits per heavy atom. The van der Waals surface area contributed by atoms with Gasteiger partial charge in [0.05, 0.1) is 17.7 Å². The molecule has 0 amide bonds. The number of nitriles is 1. The number of thioether (sulfide) groups is 1. The van der Waals surface area contributed by atoms with Crippen LogP contribution in [0.15, 0.2) is 21.5 Å². The average molecular weight is 354 g/mol. The van der Waals surface area contributed by atoms with Crippen LogP contribution in [0.5, 0.6) is 0 Å². The Morgan fingerprint density at radius 1 is 1.53 bits per heavy atom. The van der Waals surface area contributed by atoms with Crippen molar-refractivity contribution in [1.82, 2.24) is 0 Å². The van der Waals surface area contributed by atoms with E-state index in [1.54, 1.807) is 13.0 Å². The van der Waals surface area contributed by atoms with Gasteiger partial charge in [-0.3, -0.25) is 0 Å². The highest BCUT2D eigenvalue weighted by Crippen LogP contribution is 2.41. The van der Waals surface area contributed by atoms with Gasteiger partial charge in [0.15, 0.2) is 0 Å². The van der Waals surface area contributed by atoms with Crippen molar-refractivity contribution in [1.29, 1.82) is 5.26 Å². The monoisotopic (exact) mass is 353 g/mol. The van der Waals surface area contributed by atoms with E-state index in [1.165, 1.54) is 6.07 Å². The van der Waals surface area contributed by atoms with Crippen LogP contribution in [0, 0.1) is 11.3 Å². The normalized spacial score (nSPS) is 10.9. The van der Waals surface area contributed by atoms with E-state index in [0.29, 0.717) is 0 Å². The van der Waals surface area contributed by atoms with Gasteiger partial charge in [0.2, 0.25) is 0 Å². The maximum Gasteiger partial charge on any atom is 0.446 e. The van der Waals surface area contributed by atoms with Crippen LogP contribution >= 0.6 is 27.7 Å². The standard InChI is InChI=1S/C11H7BrF3NO2S/c1-2-18-10(17)7-4-9(19-11(13,14)15)8(12)3-6(7)5-16/h3-4H,2H2,1H3. The summed E-state index contributed by atoms with van der Waals surface area (Å²) in [7, 11) is 0. The second kappa shape index (κ2) is 6.30. The summed E-state index contributed by atoms with van der Waals surface area (Å²) in [5.41, 5.74) is -4.71. The maximum absolute atomic E-state index is 12.3. The third-order valence-electron chi connectivity index (χ3n) is 1.91. The summed E-state index contributed by atoms with van der Waals surface area (Å²) in [6.45, 7) is 1.63. The number of hydrogen-bond donors (Lipinski definition) is 0. The third kappa shape index (κ3) is 4.44. The summed E-state index contributed by atoms with van der Waals surface area (Å²) in [6.07, 6.45) is 0. The molecule has 0 fully saturated rings. The molecule has 3 nitrogen and oxygen atoms in total. The van der Waals surface area contributed by atoms with Gasteiger partial charge in [-0.2, -0.15) is 18.4 Å². The molecule has 0 saturated heterocycles. The van der Waals surface area contributed by atoms with Crippen LogP contribution in [-0.2, 0) is 4.74 Å². The van der Waals surface area contributed by atoms with E-state index in [9.17, 15) is 18.0 Å². The lowest BCUT2D eigenvalue weighted by Crippen LogP contribution is -2.08. The fourth-order valence-corrected chi connectivity index (χ4v) is 2.40. The fourth-order valence-electron chi connectivity index (χ4n) is 1.23. The number of rotatable bonds is 3. The SMILES string of the molecule is CCOC(=O)c1cc(SC(F)(F)F)c(Br)cc1C#N. The van der Waals surface area contributed by atoms with E-state index in [2.05, 4.69) is 15.9 Å². The molecule has 0 bridgehead atoms. The van der Waals surface area contributed by atoms with E-state index in [-0.39, 0.29) is 38.9 Å². The number of ether oxygens (including phenoxy) is 1. The van der Waals surface area contributed by atoms with Crippen molar-refractivity contribution in [2.75, 3.05) is 6.61 Å². The Hall–Kier alpha value is -1.20. The van der Waals surface area contributed by atoms with Crippen molar-refractivity contribution >= 4 is 33.7 Å². The van der Waals surface area contributed by atoms with Gasteiger partial charge in [0, 0.05) is 9.37 Å². The van der Waals surface area contributed by atoms with Crippen LogP contribution in [0.3, 0.4) is 0 Å². The van der Waals surface area contributed by atoms with Crippen molar-refractivity contribution in [2.24, 2.45) is 0 Å². The molecule has 0 spiro atoms. The van der Waals surface area contributed by atoms with E-state index >= 15 is 0 Å². The molecule has 0 aromatic heterocycles. The zero-order valence-corrected chi connectivity index (χ0v) is 11.9. The summed E-state index contributed by atoms with van der Waals surface area (Å²) in [5.74, 6) is -0.824. The molecular weight excluding hydrogens is 347 g/mol. The smallest absolute Gasteiger partial charge is 0.446 e. The van der Waals surface area contributed by atoms with Crippen molar-refractivity contribution in [2.45, 2.75) is 17.3 Å². The van der Waals surface area contributed by atoms with E-state index in [0.717, 1.165) is 6.07 Å². The first-order valence-corrected chi connectivity index (χ1v) is 6.56. The largest absolute Gasteiger partial charge is 0.462 e. The van der Waals surface area contributed by atoms with Crippen LogP contribution in [0.2, 0.25) is 0 Å². The first kappa shape index (κ1) is 15.9. The molecule has 19 heavy (non-hydrogen) atoms. The Labute approximate surface area is 119 Å². The summed E-state index contributed by atoms with van der Waals surface area (Å²) in [5, 5.41) is 8.88. The number of halogens is 4. The molecule has 0 N–H and O–H groups in total. The number of carbonyl (C=O) groups excluding carboxylic acids is 1. The first-order valence-electron chi connectivity index (χ1n) is 4.95.